The topological polar surface area (TPSA) is 44.8 Å². The average Bonchev–Trinajstić information content (AvgIpc) is 2.18. The summed E-state index contributed by atoms with van der Waals surface area (Å²) in [4.78, 5) is 11.0. The van der Waals surface area contributed by atoms with Crippen LogP contribution >= 0.6 is 0 Å². The van der Waals surface area contributed by atoms with Gasteiger partial charge in [0.05, 0.1) is 0 Å². The Morgan fingerprint density at radius 2 is 2.07 bits per heavy atom. The molecule has 0 radical (unpaired) electrons. The smallest absolute Gasteiger partial charge is 0.337 e. The number of rotatable bonds is 7. The number of carbonyl (C=O) groups excluding carboxylic acids is 1. The van der Waals surface area contributed by atoms with Crippen LogP contribution in [-0.4, -0.2) is 28.4 Å². The van der Waals surface area contributed by atoms with E-state index in [1.807, 2.05) is 6.55 Å². The second kappa shape index (κ2) is 6.76. The molecular formula is C10H20O4Si. The molecular weight excluding hydrogens is 212 g/mol. The Bertz CT molecular complexity index is 229. The molecule has 15 heavy (non-hydrogen) atoms. The van der Waals surface area contributed by atoms with Crippen molar-refractivity contribution in [2.24, 2.45) is 0 Å². The average molecular weight is 232 g/mol. The van der Waals surface area contributed by atoms with Gasteiger partial charge in [-0.15, -0.1) is 0 Å². The molecule has 0 aromatic carbocycles. The third-order valence-corrected chi connectivity index (χ3v) is 5.04. The van der Waals surface area contributed by atoms with Gasteiger partial charge in [-0.25, -0.2) is 4.79 Å². The first-order chi connectivity index (χ1) is 6.95. The van der Waals surface area contributed by atoms with Crippen molar-refractivity contribution in [2.75, 3.05) is 13.9 Å². The molecule has 0 rings (SSSR count). The van der Waals surface area contributed by atoms with Crippen LogP contribution < -0.4 is 0 Å². The van der Waals surface area contributed by atoms with Gasteiger partial charge in [0.15, 0.2) is 6.79 Å². The van der Waals surface area contributed by atoms with Crippen LogP contribution in [0.4, 0.5) is 0 Å². The van der Waals surface area contributed by atoms with Gasteiger partial charge < -0.3 is 13.6 Å². The maximum atomic E-state index is 11.0. The lowest BCUT2D eigenvalue weighted by Crippen LogP contribution is -2.38. The lowest BCUT2D eigenvalue weighted by molar-refractivity contribution is -0.146. The van der Waals surface area contributed by atoms with Crippen LogP contribution in [0.2, 0.25) is 12.6 Å². The Morgan fingerprint density at radius 3 is 2.47 bits per heavy atom. The monoisotopic (exact) mass is 232 g/mol. The van der Waals surface area contributed by atoms with Crippen molar-refractivity contribution in [3.8, 4) is 0 Å². The number of ether oxygens (including phenoxy) is 1. The Kier molecular flexibility index (Phi) is 6.47. The normalized spacial score (nSPS) is 14.4. The summed E-state index contributed by atoms with van der Waals surface area (Å²) in [5, 5.41) is 0. The van der Waals surface area contributed by atoms with Gasteiger partial charge in [-0.05, 0) is 19.5 Å². The third kappa shape index (κ3) is 5.71. The summed E-state index contributed by atoms with van der Waals surface area (Å²) >= 11 is 0. The molecule has 0 bridgehead atoms. The first-order valence-corrected chi connectivity index (χ1v) is 7.49. The van der Waals surface area contributed by atoms with E-state index < -0.39 is 14.5 Å². The summed E-state index contributed by atoms with van der Waals surface area (Å²) in [5.74, 6) is -0.432. The highest BCUT2D eigenvalue weighted by Gasteiger charge is 2.29. The summed E-state index contributed by atoms with van der Waals surface area (Å²) in [6.45, 7) is 9.03. The zero-order valence-electron chi connectivity index (χ0n) is 9.96. The maximum Gasteiger partial charge on any atom is 0.337 e. The SMILES string of the molecule is C=C(C)C(=O)OCO[Si](C)(CCC)OC. The molecule has 0 aliphatic heterocycles. The first kappa shape index (κ1) is 14.3. The Morgan fingerprint density at radius 1 is 1.47 bits per heavy atom. The van der Waals surface area contributed by atoms with E-state index in [1.54, 1.807) is 14.0 Å². The third-order valence-electron chi connectivity index (χ3n) is 2.04. The number of hydrogen-bond acceptors (Lipinski definition) is 4. The molecule has 0 aromatic heterocycles. The van der Waals surface area contributed by atoms with Crippen molar-refractivity contribution in [1.29, 1.82) is 0 Å². The second-order valence-electron chi connectivity index (χ2n) is 3.56. The molecule has 0 aromatic rings. The molecule has 0 aliphatic carbocycles. The molecule has 5 heteroatoms. The fourth-order valence-electron chi connectivity index (χ4n) is 1.02. The predicted octanol–water partition coefficient (Wildman–Crippen LogP) is 2.21. The molecule has 0 saturated heterocycles. The van der Waals surface area contributed by atoms with Crippen LogP contribution in [0.5, 0.6) is 0 Å². The Balaban J connectivity index is 3.91. The van der Waals surface area contributed by atoms with E-state index in [1.165, 1.54) is 0 Å². The lowest BCUT2D eigenvalue weighted by atomic mass is 10.4. The van der Waals surface area contributed by atoms with Crippen LogP contribution in [0.15, 0.2) is 12.2 Å². The van der Waals surface area contributed by atoms with E-state index in [-0.39, 0.29) is 6.79 Å². The van der Waals surface area contributed by atoms with Crippen LogP contribution in [0.25, 0.3) is 0 Å². The van der Waals surface area contributed by atoms with Crippen LogP contribution in [0.1, 0.15) is 20.3 Å². The van der Waals surface area contributed by atoms with E-state index in [4.69, 9.17) is 13.6 Å². The van der Waals surface area contributed by atoms with Crippen molar-refractivity contribution >= 4 is 14.5 Å². The highest BCUT2D eigenvalue weighted by molar-refractivity contribution is 6.65. The van der Waals surface area contributed by atoms with Gasteiger partial charge in [0, 0.05) is 12.7 Å². The van der Waals surface area contributed by atoms with E-state index in [0.29, 0.717) is 5.57 Å². The summed E-state index contributed by atoms with van der Waals surface area (Å²) in [6.07, 6.45) is 0.991. The number of hydrogen-bond donors (Lipinski definition) is 0. The molecule has 0 amide bonds. The van der Waals surface area contributed by atoms with Crippen LogP contribution in [0, 0.1) is 0 Å². The molecule has 1 atom stereocenters. The molecule has 0 spiro atoms. The molecule has 0 saturated carbocycles. The van der Waals surface area contributed by atoms with Gasteiger partial charge in [-0.2, -0.15) is 0 Å². The summed E-state index contributed by atoms with van der Waals surface area (Å²) in [5.41, 5.74) is 0.370. The van der Waals surface area contributed by atoms with E-state index >= 15 is 0 Å². The van der Waals surface area contributed by atoms with E-state index in [2.05, 4.69) is 13.5 Å². The Hall–Kier alpha value is -0.653. The van der Waals surface area contributed by atoms with Gasteiger partial charge in [-0.3, -0.25) is 0 Å². The summed E-state index contributed by atoms with van der Waals surface area (Å²) in [7, 11) is -0.504. The quantitative estimate of drug-likeness (QED) is 0.292. The van der Waals surface area contributed by atoms with E-state index in [0.717, 1.165) is 12.5 Å². The maximum absolute atomic E-state index is 11.0. The first-order valence-electron chi connectivity index (χ1n) is 4.97. The number of carbonyl (C=O) groups is 1. The molecule has 4 nitrogen and oxygen atoms in total. The van der Waals surface area contributed by atoms with E-state index in [9.17, 15) is 4.79 Å². The largest absolute Gasteiger partial charge is 0.436 e. The fraction of sp³-hybridized carbons (Fsp3) is 0.700. The van der Waals surface area contributed by atoms with Gasteiger partial charge in [0.2, 0.25) is 0 Å². The molecule has 0 aliphatic rings. The van der Waals surface area contributed by atoms with Gasteiger partial charge >= 0.3 is 14.5 Å². The number of esters is 1. The van der Waals surface area contributed by atoms with Crippen molar-refractivity contribution in [2.45, 2.75) is 32.9 Å². The fourth-order valence-corrected chi connectivity index (χ4v) is 2.70. The van der Waals surface area contributed by atoms with Crippen molar-refractivity contribution in [3.05, 3.63) is 12.2 Å². The highest BCUT2D eigenvalue weighted by Crippen LogP contribution is 2.14. The second-order valence-corrected chi connectivity index (χ2v) is 7.03. The van der Waals surface area contributed by atoms with Crippen LogP contribution in [0.3, 0.4) is 0 Å². The minimum Gasteiger partial charge on any atom is -0.436 e. The molecule has 0 fully saturated rings. The molecule has 88 valence electrons. The summed E-state index contributed by atoms with van der Waals surface area (Å²) in [6, 6.07) is 0.883. The standard InChI is InChI=1S/C10H20O4Si/c1-6-7-15(5,12-4)14-8-13-10(11)9(2)3/h2,6-8H2,1,3-5H3. The van der Waals surface area contributed by atoms with Crippen LogP contribution in [-0.2, 0) is 18.4 Å². The van der Waals surface area contributed by atoms with Crippen molar-refractivity contribution in [1.82, 2.24) is 0 Å². The van der Waals surface area contributed by atoms with Crippen molar-refractivity contribution in [3.63, 3.8) is 0 Å². The molecule has 0 N–H and O–H groups in total. The zero-order valence-corrected chi connectivity index (χ0v) is 11.0. The summed E-state index contributed by atoms with van der Waals surface area (Å²) < 4.78 is 15.6. The molecule has 1 unspecified atom stereocenters. The van der Waals surface area contributed by atoms with Gasteiger partial charge in [-0.1, -0.05) is 19.9 Å². The molecule has 0 heterocycles. The zero-order chi connectivity index (χ0) is 11.9. The lowest BCUT2D eigenvalue weighted by Gasteiger charge is -2.24. The highest BCUT2D eigenvalue weighted by atomic mass is 28.4. The minimum atomic E-state index is -2.13. The van der Waals surface area contributed by atoms with Gasteiger partial charge in [0.25, 0.3) is 0 Å². The van der Waals surface area contributed by atoms with Gasteiger partial charge in [0.1, 0.15) is 0 Å². The minimum absolute atomic E-state index is 0.0533. The van der Waals surface area contributed by atoms with Crippen molar-refractivity contribution < 1.29 is 18.4 Å². The predicted molar refractivity (Wildman–Crippen MR) is 60.6 cm³/mol. The Labute approximate surface area is 92.5 Å².